The highest BCUT2D eigenvalue weighted by Crippen LogP contribution is 2.24. The first-order valence-electron chi connectivity index (χ1n) is 3.65. The van der Waals surface area contributed by atoms with Gasteiger partial charge in [0.2, 0.25) is 0 Å². The van der Waals surface area contributed by atoms with Crippen molar-refractivity contribution in [1.82, 2.24) is 5.43 Å². The van der Waals surface area contributed by atoms with Crippen LogP contribution < -0.4 is 10.9 Å². The van der Waals surface area contributed by atoms with E-state index in [-0.39, 0.29) is 0 Å². The van der Waals surface area contributed by atoms with Crippen molar-refractivity contribution in [3.63, 3.8) is 0 Å². The second-order valence-electron chi connectivity index (χ2n) is 2.64. The number of allylic oxidation sites excluding steroid dienone is 1. The Bertz CT molecular complexity index is 302. The van der Waals surface area contributed by atoms with Crippen molar-refractivity contribution >= 4 is 11.3 Å². The molecule has 1 aliphatic rings. The molecule has 0 atom stereocenters. The molecule has 0 fully saturated rings. The van der Waals surface area contributed by atoms with E-state index in [0.29, 0.717) is 0 Å². The summed E-state index contributed by atoms with van der Waals surface area (Å²) < 4.78 is 0. The number of nitrogens with one attached hydrogen (secondary N) is 2. The van der Waals surface area contributed by atoms with Gasteiger partial charge < -0.3 is 10.9 Å². The monoisotopic (exact) mass is 146 g/mol. The molecule has 0 spiro atoms. The van der Waals surface area contributed by atoms with E-state index < -0.39 is 0 Å². The lowest BCUT2D eigenvalue weighted by Crippen LogP contribution is -2.19. The van der Waals surface area contributed by atoms with Crippen molar-refractivity contribution in [3.05, 3.63) is 36.0 Å². The highest BCUT2D eigenvalue weighted by Gasteiger charge is 2.05. The predicted octanol–water partition coefficient (Wildman–Crippen LogP) is 1.98. The fourth-order valence-electron chi connectivity index (χ4n) is 1.24. The smallest absolute Gasteiger partial charge is 0.0615 e. The molecule has 1 aliphatic heterocycles. The Kier molecular flexibility index (Phi) is 1.32. The van der Waals surface area contributed by atoms with Crippen molar-refractivity contribution in [2.45, 2.75) is 6.92 Å². The molecular weight excluding hydrogens is 136 g/mol. The molecule has 0 saturated carbocycles. The molecule has 11 heavy (non-hydrogen) atoms. The summed E-state index contributed by atoms with van der Waals surface area (Å²) in [6, 6.07) is 8.23. The van der Waals surface area contributed by atoms with Crippen LogP contribution in [-0.4, -0.2) is 0 Å². The van der Waals surface area contributed by atoms with Gasteiger partial charge in [-0.2, -0.15) is 0 Å². The molecule has 2 N–H and O–H groups in total. The van der Waals surface area contributed by atoms with Gasteiger partial charge in [-0.25, -0.2) is 0 Å². The molecule has 1 heterocycles. The Morgan fingerprint density at radius 2 is 2.00 bits per heavy atom. The Balaban J connectivity index is 2.56. The van der Waals surface area contributed by atoms with Crippen LogP contribution in [0.4, 0.5) is 5.69 Å². The minimum Gasteiger partial charge on any atom is -0.308 e. The number of benzene rings is 1. The van der Waals surface area contributed by atoms with Gasteiger partial charge in [-0.15, -0.1) is 0 Å². The van der Waals surface area contributed by atoms with Crippen LogP contribution in [0.1, 0.15) is 12.5 Å². The Morgan fingerprint density at radius 3 is 2.82 bits per heavy atom. The Labute approximate surface area is 65.9 Å². The van der Waals surface area contributed by atoms with E-state index in [4.69, 9.17) is 0 Å². The van der Waals surface area contributed by atoms with Crippen molar-refractivity contribution in [1.29, 1.82) is 0 Å². The van der Waals surface area contributed by atoms with Crippen LogP contribution in [0.5, 0.6) is 0 Å². The summed E-state index contributed by atoms with van der Waals surface area (Å²) in [6.45, 7) is 2.09. The standard InChI is InChI=1S/C9H10N2/c1-7-6-10-11-9-5-3-2-4-8(7)9/h2-6,10-11H,1H3. The maximum absolute atomic E-state index is 3.07. The van der Waals surface area contributed by atoms with Crippen LogP contribution >= 0.6 is 0 Å². The lowest BCUT2D eigenvalue weighted by Gasteiger charge is -2.17. The fourth-order valence-corrected chi connectivity index (χ4v) is 1.24. The zero-order valence-electron chi connectivity index (χ0n) is 6.39. The summed E-state index contributed by atoms with van der Waals surface area (Å²) in [5.74, 6) is 0. The molecule has 2 nitrogen and oxygen atoms in total. The van der Waals surface area contributed by atoms with E-state index in [1.54, 1.807) is 0 Å². The molecule has 0 unspecified atom stereocenters. The zero-order chi connectivity index (χ0) is 7.68. The van der Waals surface area contributed by atoms with Gasteiger partial charge in [0.15, 0.2) is 0 Å². The minimum absolute atomic E-state index is 1.15. The van der Waals surface area contributed by atoms with E-state index in [9.17, 15) is 0 Å². The van der Waals surface area contributed by atoms with E-state index >= 15 is 0 Å². The third-order valence-corrected chi connectivity index (χ3v) is 1.85. The van der Waals surface area contributed by atoms with E-state index in [1.165, 1.54) is 11.1 Å². The van der Waals surface area contributed by atoms with Gasteiger partial charge in [0.25, 0.3) is 0 Å². The largest absolute Gasteiger partial charge is 0.308 e. The molecule has 0 aromatic heterocycles. The van der Waals surface area contributed by atoms with Crippen LogP contribution in [0, 0.1) is 0 Å². The van der Waals surface area contributed by atoms with Crippen molar-refractivity contribution in [2.24, 2.45) is 0 Å². The average Bonchev–Trinajstić information content (AvgIpc) is 2.06. The van der Waals surface area contributed by atoms with Gasteiger partial charge in [-0.05, 0) is 18.6 Å². The van der Waals surface area contributed by atoms with Crippen molar-refractivity contribution < 1.29 is 0 Å². The minimum atomic E-state index is 1.15. The molecular formula is C9H10N2. The molecule has 0 radical (unpaired) electrons. The molecule has 0 saturated heterocycles. The van der Waals surface area contributed by atoms with Crippen LogP contribution in [0.2, 0.25) is 0 Å². The predicted molar refractivity (Wildman–Crippen MR) is 46.9 cm³/mol. The Hall–Kier alpha value is -1.44. The van der Waals surface area contributed by atoms with Crippen LogP contribution in [0.3, 0.4) is 0 Å². The van der Waals surface area contributed by atoms with Gasteiger partial charge in [0.05, 0.1) is 5.69 Å². The lowest BCUT2D eigenvalue weighted by atomic mass is 10.1. The number of para-hydroxylation sites is 1. The number of rotatable bonds is 0. The summed E-state index contributed by atoms with van der Waals surface area (Å²) in [5, 5.41) is 0. The molecule has 0 bridgehead atoms. The first-order valence-corrected chi connectivity index (χ1v) is 3.65. The second-order valence-corrected chi connectivity index (χ2v) is 2.64. The third kappa shape index (κ3) is 0.963. The number of hydrogen-bond acceptors (Lipinski definition) is 2. The van der Waals surface area contributed by atoms with E-state index in [2.05, 4.69) is 29.9 Å². The molecule has 0 amide bonds. The topological polar surface area (TPSA) is 24.1 Å². The normalized spacial score (nSPS) is 14.1. The molecule has 2 heteroatoms. The summed E-state index contributed by atoms with van der Waals surface area (Å²) in [5.41, 5.74) is 9.72. The quantitative estimate of drug-likeness (QED) is 0.584. The highest BCUT2D eigenvalue weighted by atomic mass is 15.3. The molecule has 56 valence electrons. The van der Waals surface area contributed by atoms with Crippen molar-refractivity contribution in [2.75, 3.05) is 5.43 Å². The van der Waals surface area contributed by atoms with Crippen LogP contribution in [0.15, 0.2) is 30.5 Å². The SMILES string of the molecule is CC1=CNNc2ccccc21. The number of hydrogen-bond donors (Lipinski definition) is 2. The third-order valence-electron chi connectivity index (χ3n) is 1.85. The zero-order valence-corrected chi connectivity index (χ0v) is 6.39. The van der Waals surface area contributed by atoms with Crippen LogP contribution in [-0.2, 0) is 0 Å². The first-order chi connectivity index (χ1) is 5.38. The second kappa shape index (κ2) is 2.31. The number of anilines is 1. The van der Waals surface area contributed by atoms with Gasteiger partial charge in [0.1, 0.15) is 0 Å². The summed E-state index contributed by atoms with van der Waals surface area (Å²) in [7, 11) is 0. The van der Waals surface area contributed by atoms with Gasteiger partial charge in [0, 0.05) is 11.8 Å². The van der Waals surface area contributed by atoms with E-state index in [0.717, 1.165) is 5.69 Å². The summed E-state index contributed by atoms with van der Waals surface area (Å²) >= 11 is 0. The summed E-state index contributed by atoms with van der Waals surface area (Å²) in [6.07, 6.45) is 1.96. The van der Waals surface area contributed by atoms with Crippen LogP contribution in [0.25, 0.3) is 5.57 Å². The maximum Gasteiger partial charge on any atom is 0.0615 e. The summed E-state index contributed by atoms with van der Waals surface area (Å²) in [4.78, 5) is 0. The molecule has 1 aromatic rings. The molecule has 0 aliphatic carbocycles. The molecule has 1 aromatic carbocycles. The number of fused-ring (bicyclic) bond motifs is 1. The van der Waals surface area contributed by atoms with E-state index in [1.807, 2.05) is 18.3 Å². The van der Waals surface area contributed by atoms with Gasteiger partial charge >= 0.3 is 0 Å². The van der Waals surface area contributed by atoms with Gasteiger partial charge in [-0.3, -0.25) is 0 Å². The fraction of sp³-hybridized carbons (Fsp3) is 0.111. The highest BCUT2D eigenvalue weighted by molar-refractivity contribution is 5.76. The Morgan fingerprint density at radius 1 is 1.18 bits per heavy atom. The lowest BCUT2D eigenvalue weighted by molar-refractivity contribution is 1.04. The van der Waals surface area contributed by atoms with Gasteiger partial charge in [-0.1, -0.05) is 18.2 Å². The van der Waals surface area contributed by atoms with Crippen molar-refractivity contribution in [3.8, 4) is 0 Å². The number of hydrazine groups is 1. The first kappa shape index (κ1) is 6.28. The molecule has 2 rings (SSSR count). The maximum atomic E-state index is 3.07. The average molecular weight is 146 g/mol.